The zero-order valence-corrected chi connectivity index (χ0v) is 13.7. The molecule has 108 valence electrons. The number of rotatable bonds is 4. The number of nitrogens with zero attached hydrogens (tertiary/aromatic N) is 2. The van der Waals surface area contributed by atoms with E-state index < -0.39 is 9.05 Å². The van der Waals surface area contributed by atoms with Crippen LogP contribution in [-0.4, -0.2) is 18.6 Å². The van der Waals surface area contributed by atoms with Crippen LogP contribution in [0.1, 0.15) is 17.3 Å². The monoisotopic (exact) mass is 380 g/mol. The first kappa shape index (κ1) is 15.3. The minimum atomic E-state index is -3.93. The van der Waals surface area contributed by atoms with Crippen LogP contribution < -0.4 is 4.74 Å². The summed E-state index contributed by atoms with van der Waals surface area (Å²) in [5, 5.41) is 7.42. The molecule has 2 aromatic rings. The number of aromatic nitrogens is 2. The molecule has 2 rings (SSSR count). The summed E-state index contributed by atoms with van der Waals surface area (Å²) in [6, 6.07) is 3.10. The number of hydrogen-bond acceptors (Lipinski definition) is 6. The summed E-state index contributed by atoms with van der Waals surface area (Å²) >= 11 is 3.22. The quantitative estimate of drug-likeness (QED) is 0.757. The Morgan fingerprint density at radius 1 is 1.35 bits per heavy atom. The Hall–Kier alpha value is -1.12. The molecule has 0 saturated heterocycles. The third-order valence-electron chi connectivity index (χ3n) is 2.38. The van der Waals surface area contributed by atoms with Gasteiger partial charge in [0.15, 0.2) is 6.61 Å². The summed E-state index contributed by atoms with van der Waals surface area (Å²) < 4.78 is 34.4. The molecule has 0 radical (unpaired) electrons. The maximum absolute atomic E-state index is 11.6. The average Bonchev–Trinajstić information content (AvgIpc) is 2.72. The molecule has 9 heteroatoms. The van der Waals surface area contributed by atoms with Gasteiger partial charge in [0.25, 0.3) is 14.9 Å². The predicted octanol–water partition coefficient (Wildman–Crippen LogP) is 2.96. The van der Waals surface area contributed by atoms with Gasteiger partial charge in [-0.1, -0.05) is 15.9 Å². The van der Waals surface area contributed by atoms with Crippen molar-refractivity contribution < 1.29 is 17.6 Å². The van der Waals surface area contributed by atoms with Gasteiger partial charge in [-0.15, -0.1) is 10.2 Å². The fraction of sp³-hybridized carbons (Fsp3) is 0.273. The van der Waals surface area contributed by atoms with Crippen LogP contribution in [0.5, 0.6) is 5.75 Å². The zero-order valence-electron chi connectivity index (χ0n) is 10.6. The molecule has 0 bridgehead atoms. The second-order valence-electron chi connectivity index (χ2n) is 3.99. The minimum absolute atomic E-state index is 0.0390. The molecule has 6 nitrogen and oxygen atoms in total. The van der Waals surface area contributed by atoms with Crippen molar-refractivity contribution in [2.24, 2.45) is 0 Å². The van der Waals surface area contributed by atoms with E-state index in [1.165, 1.54) is 6.07 Å². The first-order chi connectivity index (χ1) is 9.27. The van der Waals surface area contributed by atoms with E-state index >= 15 is 0 Å². The van der Waals surface area contributed by atoms with Crippen molar-refractivity contribution in [1.82, 2.24) is 10.2 Å². The highest BCUT2D eigenvalue weighted by Crippen LogP contribution is 2.34. The lowest BCUT2D eigenvalue weighted by atomic mass is 10.2. The molecule has 20 heavy (non-hydrogen) atoms. The van der Waals surface area contributed by atoms with Crippen molar-refractivity contribution in [3.63, 3.8) is 0 Å². The van der Waals surface area contributed by atoms with Crippen LogP contribution >= 0.6 is 26.6 Å². The van der Waals surface area contributed by atoms with Gasteiger partial charge in [0.05, 0.1) is 0 Å². The number of ether oxygens (including phenoxy) is 1. The second-order valence-corrected chi connectivity index (χ2v) is 7.44. The molecule has 0 aliphatic carbocycles. The molecule has 0 saturated carbocycles. The molecule has 0 unspecified atom stereocenters. The Morgan fingerprint density at radius 3 is 2.60 bits per heavy atom. The number of aryl methyl sites for hydroxylation is 2. The van der Waals surface area contributed by atoms with Gasteiger partial charge >= 0.3 is 0 Å². The minimum Gasteiger partial charge on any atom is -0.482 e. The molecule has 0 spiro atoms. The van der Waals surface area contributed by atoms with Crippen LogP contribution in [0.4, 0.5) is 0 Å². The number of hydrogen-bond donors (Lipinski definition) is 0. The van der Waals surface area contributed by atoms with E-state index in [4.69, 9.17) is 19.8 Å². The standard InChI is InChI=1S/C11H10BrClN2O4S/c1-6-3-8(12)4-9(20(13,16)17)11(6)18-5-10-15-14-7(2)19-10/h3-4H,5H2,1-2H3. The van der Waals surface area contributed by atoms with E-state index in [0.717, 1.165) is 0 Å². The zero-order chi connectivity index (χ0) is 14.9. The molecule has 1 aromatic carbocycles. The Labute approximate surface area is 128 Å². The van der Waals surface area contributed by atoms with Crippen LogP contribution in [0.2, 0.25) is 0 Å². The summed E-state index contributed by atoms with van der Waals surface area (Å²) in [5.41, 5.74) is 0.620. The van der Waals surface area contributed by atoms with Gasteiger partial charge in [-0.3, -0.25) is 0 Å². The highest BCUT2D eigenvalue weighted by Gasteiger charge is 2.20. The first-order valence-electron chi connectivity index (χ1n) is 5.44. The number of benzene rings is 1. The van der Waals surface area contributed by atoms with E-state index in [0.29, 0.717) is 15.9 Å². The maximum atomic E-state index is 11.6. The first-order valence-corrected chi connectivity index (χ1v) is 8.54. The summed E-state index contributed by atoms with van der Waals surface area (Å²) in [6.07, 6.45) is 0. The highest BCUT2D eigenvalue weighted by atomic mass is 79.9. The lowest BCUT2D eigenvalue weighted by Crippen LogP contribution is -2.03. The SMILES string of the molecule is Cc1nnc(COc2c(C)cc(Br)cc2S(=O)(=O)Cl)o1. The topological polar surface area (TPSA) is 82.3 Å². The van der Waals surface area contributed by atoms with E-state index in [9.17, 15) is 8.42 Å². The van der Waals surface area contributed by atoms with Crippen molar-refractivity contribution in [1.29, 1.82) is 0 Å². The van der Waals surface area contributed by atoms with E-state index in [2.05, 4.69) is 26.1 Å². The normalized spacial score (nSPS) is 11.6. The molecule has 1 heterocycles. The maximum Gasteiger partial charge on any atom is 0.265 e. The molecule has 0 N–H and O–H groups in total. The molecule has 1 aromatic heterocycles. The average molecular weight is 382 g/mol. The predicted molar refractivity (Wildman–Crippen MR) is 75.3 cm³/mol. The van der Waals surface area contributed by atoms with Crippen molar-refractivity contribution in [2.75, 3.05) is 0 Å². The van der Waals surface area contributed by atoms with Crippen molar-refractivity contribution in [3.05, 3.63) is 34.0 Å². The summed E-state index contributed by atoms with van der Waals surface area (Å²) in [5.74, 6) is 0.822. The molecular formula is C11H10BrClN2O4S. The van der Waals surface area contributed by atoms with E-state index in [1.54, 1.807) is 19.9 Å². The lowest BCUT2D eigenvalue weighted by Gasteiger charge is -2.11. The van der Waals surface area contributed by atoms with Gasteiger partial charge in [0, 0.05) is 22.1 Å². The largest absolute Gasteiger partial charge is 0.482 e. The third kappa shape index (κ3) is 3.50. The van der Waals surface area contributed by atoms with Crippen LogP contribution in [-0.2, 0) is 15.7 Å². The van der Waals surface area contributed by atoms with Crippen LogP contribution in [0.25, 0.3) is 0 Å². The second kappa shape index (κ2) is 5.71. The van der Waals surface area contributed by atoms with Crippen LogP contribution in [0.15, 0.2) is 25.9 Å². The molecular weight excluding hydrogens is 372 g/mol. The van der Waals surface area contributed by atoms with E-state index in [1.807, 2.05) is 0 Å². The van der Waals surface area contributed by atoms with Crippen molar-refractivity contribution in [2.45, 2.75) is 25.3 Å². The molecule has 0 aliphatic rings. The highest BCUT2D eigenvalue weighted by molar-refractivity contribution is 9.10. The molecule has 0 fully saturated rings. The van der Waals surface area contributed by atoms with Gasteiger partial charge in [-0.05, 0) is 24.6 Å². The van der Waals surface area contributed by atoms with Crippen LogP contribution in [0.3, 0.4) is 0 Å². The van der Waals surface area contributed by atoms with Gasteiger partial charge < -0.3 is 9.15 Å². The summed E-state index contributed by atoms with van der Waals surface area (Å²) in [7, 11) is 1.49. The Morgan fingerprint density at radius 2 is 2.05 bits per heavy atom. The smallest absolute Gasteiger partial charge is 0.265 e. The van der Waals surface area contributed by atoms with Gasteiger partial charge in [0.1, 0.15) is 10.6 Å². The van der Waals surface area contributed by atoms with Crippen molar-refractivity contribution >= 4 is 35.7 Å². The molecule has 0 aliphatic heterocycles. The summed E-state index contributed by atoms with van der Waals surface area (Å²) in [6.45, 7) is 3.32. The lowest BCUT2D eigenvalue weighted by molar-refractivity contribution is 0.253. The fourth-order valence-electron chi connectivity index (χ4n) is 1.59. The third-order valence-corrected chi connectivity index (χ3v) is 4.16. The number of halogens is 2. The van der Waals surface area contributed by atoms with Crippen LogP contribution in [0, 0.1) is 13.8 Å². The summed E-state index contributed by atoms with van der Waals surface area (Å²) in [4.78, 5) is -0.109. The molecule has 0 amide bonds. The Kier molecular flexibility index (Phi) is 4.36. The van der Waals surface area contributed by atoms with E-state index in [-0.39, 0.29) is 23.1 Å². The van der Waals surface area contributed by atoms with Gasteiger partial charge in [-0.2, -0.15) is 0 Å². The van der Waals surface area contributed by atoms with Gasteiger partial charge in [0.2, 0.25) is 5.89 Å². The molecule has 0 atom stereocenters. The Balaban J connectivity index is 2.35. The fourth-order valence-corrected chi connectivity index (χ4v) is 3.37. The van der Waals surface area contributed by atoms with Crippen molar-refractivity contribution in [3.8, 4) is 5.75 Å². The Bertz CT molecular complexity index is 745. The van der Waals surface area contributed by atoms with Gasteiger partial charge in [-0.25, -0.2) is 8.42 Å².